The molecule has 0 spiro atoms. The molecule has 2 heterocycles. The number of thioether (sulfide) groups is 1. The second-order valence-electron chi connectivity index (χ2n) is 8.33. The van der Waals surface area contributed by atoms with Crippen LogP contribution in [-0.2, 0) is 11.3 Å². The molecule has 8 heteroatoms. The van der Waals surface area contributed by atoms with Crippen LogP contribution in [0.5, 0.6) is 0 Å². The maximum atomic E-state index is 12.2. The molecule has 1 aliphatic rings. The fourth-order valence-corrected chi connectivity index (χ4v) is 4.19. The van der Waals surface area contributed by atoms with Crippen LogP contribution in [0.15, 0.2) is 11.4 Å². The minimum Gasteiger partial charge on any atom is -0.369 e. The molecule has 3 rings (SSSR count). The van der Waals surface area contributed by atoms with E-state index in [4.69, 9.17) is 0 Å². The summed E-state index contributed by atoms with van der Waals surface area (Å²) in [7, 11) is 0. The van der Waals surface area contributed by atoms with E-state index in [9.17, 15) is 4.79 Å². The van der Waals surface area contributed by atoms with E-state index in [0.29, 0.717) is 25.4 Å². The van der Waals surface area contributed by atoms with Crippen molar-refractivity contribution < 1.29 is 4.79 Å². The molecule has 7 nitrogen and oxygen atoms in total. The zero-order valence-electron chi connectivity index (χ0n) is 17.9. The average molecular weight is 419 g/mol. The summed E-state index contributed by atoms with van der Waals surface area (Å²) in [6, 6.07) is 0. The van der Waals surface area contributed by atoms with E-state index in [1.807, 2.05) is 17.1 Å². The fourth-order valence-electron chi connectivity index (χ4n) is 3.83. The van der Waals surface area contributed by atoms with E-state index >= 15 is 0 Å². The molecule has 2 aromatic rings. The SMILES string of the molecule is CSc1nc(NCC(C)C)c2cnn(CCNC(=O)CCC3CCCCC3)c2n1. The van der Waals surface area contributed by atoms with Crippen molar-refractivity contribution in [3.63, 3.8) is 0 Å². The van der Waals surface area contributed by atoms with E-state index in [2.05, 4.69) is 39.5 Å². The van der Waals surface area contributed by atoms with Gasteiger partial charge in [-0.25, -0.2) is 14.6 Å². The third kappa shape index (κ3) is 6.32. The number of anilines is 1. The Labute approximate surface area is 177 Å². The van der Waals surface area contributed by atoms with Gasteiger partial charge in [0.25, 0.3) is 0 Å². The molecule has 0 saturated heterocycles. The molecule has 0 atom stereocenters. The normalized spacial score (nSPS) is 15.2. The highest BCUT2D eigenvalue weighted by atomic mass is 32.2. The second kappa shape index (κ2) is 10.8. The Morgan fingerprint density at radius 3 is 2.79 bits per heavy atom. The number of nitrogens with one attached hydrogen (secondary N) is 2. The molecular weight excluding hydrogens is 384 g/mol. The first kappa shape index (κ1) is 21.9. The van der Waals surface area contributed by atoms with E-state index in [0.717, 1.165) is 40.9 Å². The molecule has 1 amide bonds. The van der Waals surface area contributed by atoms with Gasteiger partial charge in [0.15, 0.2) is 10.8 Å². The van der Waals surface area contributed by atoms with Gasteiger partial charge in [0.1, 0.15) is 5.82 Å². The molecule has 0 aromatic carbocycles. The third-order valence-electron chi connectivity index (χ3n) is 5.49. The zero-order chi connectivity index (χ0) is 20.6. The van der Waals surface area contributed by atoms with Crippen molar-refractivity contribution in [1.29, 1.82) is 0 Å². The van der Waals surface area contributed by atoms with Crippen LogP contribution in [0.2, 0.25) is 0 Å². The van der Waals surface area contributed by atoms with Gasteiger partial charge in [-0.05, 0) is 24.5 Å². The molecule has 0 radical (unpaired) electrons. The average Bonchev–Trinajstić information content (AvgIpc) is 3.14. The molecular formula is C21H34N6OS. The fraction of sp³-hybridized carbons (Fsp3) is 0.714. The van der Waals surface area contributed by atoms with Crippen molar-refractivity contribution in [2.75, 3.05) is 24.7 Å². The lowest BCUT2D eigenvalue weighted by molar-refractivity contribution is -0.121. The van der Waals surface area contributed by atoms with Crippen LogP contribution in [0.3, 0.4) is 0 Å². The summed E-state index contributed by atoms with van der Waals surface area (Å²) in [6.45, 7) is 6.35. The zero-order valence-corrected chi connectivity index (χ0v) is 18.7. The Bertz CT molecular complexity index is 800. The van der Waals surface area contributed by atoms with Crippen LogP contribution in [0.25, 0.3) is 11.0 Å². The number of carbonyl (C=O) groups excluding carboxylic acids is 1. The van der Waals surface area contributed by atoms with Gasteiger partial charge >= 0.3 is 0 Å². The topological polar surface area (TPSA) is 84.7 Å². The summed E-state index contributed by atoms with van der Waals surface area (Å²) in [4.78, 5) is 21.4. The van der Waals surface area contributed by atoms with Gasteiger partial charge in [0.2, 0.25) is 5.91 Å². The monoisotopic (exact) mass is 418 g/mol. The molecule has 0 bridgehead atoms. The molecule has 0 aliphatic heterocycles. The number of carbonyl (C=O) groups is 1. The lowest BCUT2D eigenvalue weighted by Gasteiger charge is -2.20. The first-order valence-corrected chi connectivity index (χ1v) is 12.1. The van der Waals surface area contributed by atoms with Gasteiger partial charge in [-0.15, -0.1) is 0 Å². The first-order valence-electron chi connectivity index (χ1n) is 10.8. The lowest BCUT2D eigenvalue weighted by Crippen LogP contribution is -2.28. The lowest BCUT2D eigenvalue weighted by atomic mass is 9.86. The molecule has 0 unspecified atom stereocenters. The maximum Gasteiger partial charge on any atom is 0.220 e. The van der Waals surface area contributed by atoms with Gasteiger partial charge in [-0.3, -0.25) is 4.79 Å². The largest absolute Gasteiger partial charge is 0.369 e. The minimum atomic E-state index is 0.144. The van der Waals surface area contributed by atoms with Crippen LogP contribution < -0.4 is 10.6 Å². The van der Waals surface area contributed by atoms with Gasteiger partial charge in [0.05, 0.1) is 18.1 Å². The molecule has 29 heavy (non-hydrogen) atoms. The van der Waals surface area contributed by atoms with Gasteiger partial charge in [-0.2, -0.15) is 5.10 Å². The Morgan fingerprint density at radius 1 is 1.28 bits per heavy atom. The Hall–Kier alpha value is -1.83. The highest BCUT2D eigenvalue weighted by molar-refractivity contribution is 7.98. The number of aromatic nitrogens is 4. The number of fused-ring (bicyclic) bond motifs is 1. The number of rotatable bonds is 10. The molecule has 2 aromatic heterocycles. The summed E-state index contributed by atoms with van der Waals surface area (Å²) in [6.07, 6.45) is 12.0. The Balaban J connectivity index is 1.55. The van der Waals surface area contributed by atoms with E-state index < -0.39 is 0 Å². The van der Waals surface area contributed by atoms with Crippen molar-refractivity contribution in [3.05, 3.63) is 6.20 Å². The smallest absolute Gasteiger partial charge is 0.220 e. The van der Waals surface area contributed by atoms with Crippen molar-refractivity contribution in [3.8, 4) is 0 Å². The van der Waals surface area contributed by atoms with Crippen molar-refractivity contribution in [2.24, 2.45) is 11.8 Å². The highest BCUT2D eigenvalue weighted by Gasteiger charge is 2.15. The van der Waals surface area contributed by atoms with E-state index in [-0.39, 0.29) is 5.91 Å². The van der Waals surface area contributed by atoms with Gasteiger partial charge in [0, 0.05) is 19.5 Å². The van der Waals surface area contributed by atoms with Gasteiger partial charge < -0.3 is 10.6 Å². The Kier molecular flexibility index (Phi) is 8.15. The molecule has 1 saturated carbocycles. The molecule has 160 valence electrons. The summed E-state index contributed by atoms with van der Waals surface area (Å²) in [5.41, 5.74) is 0.812. The third-order valence-corrected chi connectivity index (χ3v) is 6.03. The van der Waals surface area contributed by atoms with Crippen LogP contribution in [0.4, 0.5) is 5.82 Å². The number of amides is 1. The number of hydrogen-bond donors (Lipinski definition) is 2. The summed E-state index contributed by atoms with van der Waals surface area (Å²) in [5.74, 6) is 2.24. The summed E-state index contributed by atoms with van der Waals surface area (Å²) >= 11 is 1.52. The van der Waals surface area contributed by atoms with Crippen molar-refractivity contribution in [2.45, 2.75) is 70.5 Å². The van der Waals surface area contributed by atoms with Gasteiger partial charge in [-0.1, -0.05) is 57.7 Å². The quantitative estimate of drug-likeness (QED) is 0.446. The standard InChI is InChI=1S/C21H34N6OS/c1-15(2)13-23-19-17-14-24-27(20(17)26-21(25-19)29-3)12-11-22-18(28)10-9-16-7-5-4-6-8-16/h14-16H,4-13H2,1-3H3,(H,22,28)(H,23,25,26). The van der Waals surface area contributed by atoms with Crippen LogP contribution in [-0.4, -0.2) is 45.0 Å². The predicted octanol–water partition coefficient (Wildman–Crippen LogP) is 4.09. The molecule has 2 N–H and O–H groups in total. The number of nitrogens with zero attached hydrogens (tertiary/aromatic N) is 4. The van der Waals surface area contributed by atoms with Crippen molar-refractivity contribution >= 4 is 34.5 Å². The highest BCUT2D eigenvalue weighted by Crippen LogP contribution is 2.27. The second-order valence-corrected chi connectivity index (χ2v) is 9.10. The summed E-state index contributed by atoms with van der Waals surface area (Å²) in [5, 5.41) is 12.6. The maximum absolute atomic E-state index is 12.2. The van der Waals surface area contributed by atoms with E-state index in [1.165, 1.54) is 43.9 Å². The number of hydrogen-bond acceptors (Lipinski definition) is 6. The van der Waals surface area contributed by atoms with Crippen LogP contribution >= 0.6 is 11.8 Å². The first-order chi connectivity index (χ1) is 14.1. The molecule has 1 aliphatic carbocycles. The molecule has 1 fully saturated rings. The van der Waals surface area contributed by atoms with E-state index in [1.54, 1.807) is 0 Å². The Morgan fingerprint density at radius 2 is 2.07 bits per heavy atom. The predicted molar refractivity (Wildman–Crippen MR) is 119 cm³/mol. The van der Waals surface area contributed by atoms with Crippen LogP contribution in [0, 0.1) is 11.8 Å². The summed E-state index contributed by atoms with van der Waals surface area (Å²) < 4.78 is 1.86. The van der Waals surface area contributed by atoms with Crippen LogP contribution in [0.1, 0.15) is 58.8 Å². The van der Waals surface area contributed by atoms with Crippen molar-refractivity contribution in [1.82, 2.24) is 25.1 Å². The minimum absolute atomic E-state index is 0.144.